The molecule has 0 saturated heterocycles. The van der Waals surface area contributed by atoms with E-state index >= 15 is 0 Å². The molecule has 0 aliphatic carbocycles. The molecule has 18 heavy (non-hydrogen) atoms. The fourth-order valence-corrected chi connectivity index (χ4v) is 2.14. The summed E-state index contributed by atoms with van der Waals surface area (Å²) < 4.78 is 5.07. The lowest BCUT2D eigenvalue weighted by molar-refractivity contribution is 0.397. The van der Waals surface area contributed by atoms with Gasteiger partial charge in [0.1, 0.15) is 5.82 Å². The summed E-state index contributed by atoms with van der Waals surface area (Å²) in [6, 6.07) is 1.75. The minimum Gasteiger partial charge on any atom is -0.481 e. The summed E-state index contributed by atoms with van der Waals surface area (Å²) in [4.78, 5) is 14.5. The van der Waals surface area contributed by atoms with Crippen LogP contribution in [0.1, 0.15) is 10.7 Å². The van der Waals surface area contributed by atoms with Crippen LogP contribution in [0.25, 0.3) is 0 Å². The smallest absolute Gasteiger partial charge is 0.225 e. The number of aryl methyl sites for hydroxylation is 1. The predicted molar refractivity (Wildman–Crippen MR) is 72.0 cm³/mol. The number of anilines is 2. The molecule has 96 valence electrons. The molecule has 7 heteroatoms. The van der Waals surface area contributed by atoms with Crippen LogP contribution in [0, 0.1) is 6.92 Å². The second kappa shape index (κ2) is 5.18. The third-order valence-electron chi connectivity index (χ3n) is 2.37. The first-order valence-corrected chi connectivity index (χ1v) is 6.27. The van der Waals surface area contributed by atoms with Crippen molar-refractivity contribution in [1.82, 2.24) is 15.0 Å². The Morgan fingerprint density at radius 1 is 1.39 bits per heavy atom. The molecule has 2 heterocycles. The van der Waals surface area contributed by atoms with E-state index in [-0.39, 0.29) is 5.95 Å². The molecule has 0 radical (unpaired) electrons. The minimum absolute atomic E-state index is 0.200. The Labute approximate surface area is 109 Å². The van der Waals surface area contributed by atoms with Crippen LogP contribution in [-0.4, -0.2) is 29.1 Å². The molecule has 6 nitrogen and oxygen atoms in total. The number of aromatic nitrogens is 3. The molecule has 0 bridgehead atoms. The Balaban J connectivity index is 2.17. The van der Waals surface area contributed by atoms with Gasteiger partial charge in [0.15, 0.2) is 0 Å². The molecule has 0 fully saturated rings. The normalized spacial score (nSPS) is 10.4. The lowest BCUT2D eigenvalue weighted by Gasteiger charge is -2.17. The number of thiazole rings is 1. The van der Waals surface area contributed by atoms with Crippen LogP contribution in [0.15, 0.2) is 11.4 Å². The van der Waals surface area contributed by atoms with Crippen molar-refractivity contribution in [3.8, 4) is 5.88 Å². The molecule has 2 N–H and O–H groups in total. The van der Waals surface area contributed by atoms with Gasteiger partial charge in [0.25, 0.3) is 0 Å². The first-order chi connectivity index (χ1) is 8.58. The van der Waals surface area contributed by atoms with E-state index in [1.165, 1.54) is 0 Å². The number of nitrogens with zero attached hydrogens (tertiary/aromatic N) is 4. The number of nitrogens with two attached hydrogens (primary N) is 1. The Morgan fingerprint density at radius 3 is 2.78 bits per heavy atom. The minimum atomic E-state index is 0.200. The lowest BCUT2D eigenvalue weighted by atomic mass is 10.4. The van der Waals surface area contributed by atoms with Crippen molar-refractivity contribution in [2.24, 2.45) is 0 Å². The lowest BCUT2D eigenvalue weighted by Crippen LogP contribution is -2.19. The van der Waals surface area contributed by atoms with E-state index < -0.39 is 0 Å². The Kier molecular flexibility index (Phi) is 3.61. The number of hydrogen-bond donors (Lipinski definition) is 1. The van der Waals surface area contributed by atoms with E-state index in [0.717, 1.165) is 10.7 Å². The van der Waals surface area contributed by atoms with Crippen LogP contribution in [-0.2, 0) is 6.54 Å². The molecule has 0 atom stereocenters. The highest BCUT2D eigenvalue weighted by Crippen LogP contribution is 2.19. The van der Waals surface area contributed by atoms with E-state index in [1.54, 1.807) is 24.5 Å². The fourth-order valence-electron chi connectivity index (χ4n) is 1.54. The molecule has 0 aliphatic heterocycles. The van der Waals surface area contributed by atoms with Gasteiger partial charge in [-0.05, 0) is 6.92 Å². The van der Waals surface area contributed by atoms with Gasteiger partial charge in [-0.3, -0.25) is 0 Å². The highest BCUT2D eigenvalue weighted by molar-refractivity contribution is 7.09. The monoisotopic (exact) mass is 265 g/mol. The van der Waals surface area contributed by atoms with Gasteiger partial charge < -0.3 is 15.4 Å². The van der Waals surface area contributed by atoms with Crippen LogP contribution in [0.5, 0.6) is 5.88 Å². The third-order valence-corrected chi connectivity index (χ3v) is 3.19. The van der Waals surface area contributed by atoms with Gasteiger partial charge in [-0.2, -0.15) is 9.97 Å². The number of methoxy groups -OCH3 is 1. The molecular formula is C11H15N5OS. The summed E-state index contributed by atoms with van der Waals surface area (Å²) in [5.74, 6) is 1.37. The van der Waals surface area contributed by atoms with Gasteiger partial charge in [0.05, 0.1) is 24.4 Å². The highest BCUT2D eigenvalue weighted by atomic mass is 32.1. The van der Waals surface area contributed by atoms with Gasteiger partial charge in [0.2, 0.25) is 11.8 Å². The first kappa shape index (κ1) is 12.6. The zero-order chi connectivity index (χ0) is 13.1. The number of ether oxygens (including phenoxy) is 1. The van der Waals surface area contributed by atoms with Gasteiger partial charge in [-0.15, -0.1) is 11.3 Å². The predicted octanol–water partition coefficient (Wildman–Crippen LogP) is 1.47. The van der Waals surface area contributed by atoms with E-state index in [1.807, 2.05) is 24.3 Å². The Hall–Kier alpha value is -1.89. The topological polar surface area (TPSA) is 77.2 Å². The maximum Gasteiger partial charge on any atom is 0.225 e. The molecule has 0 aliphatic rings. The Morgan fingerprint density at radius 2 is 2.17 bits per heavy atom. The molecule has 0 unspecified atom stereocenters. The summed E-state index contributed by atoms with van der Waals surface area (Å²) in [7, 11) is 3.48. The maximum absolute atomic E-state index is 5.63. The van der Waals surface area contributed by atoms with Crippen molar-refractivity contribution >= 4 is 23.1 Å². The van der Waals surface area contributed by atoms with Crippen LogP contribution in [0.2, 0.25) is 0 Å². The first-order valence-electron chi connectivity index (χ1n) is 5.39. The van der Waals surface area contributed by atoms with Crippen LogP contribution < -0.4 is 15.4 Å². The molecule has 0 spiro atoms. The zero-order valence-corrected chi connectivity index (χ0v) is 11.4. The molecule has 2 aromatic rings. The van der Waals surface area contributed by atoms with Gasteiger partial charge >= 0.3 is 0 Å². The third kappa shape index (κ3) is 2.86. The summed E-state index contributed by atoms with van der Waals surface area (Å²) >= 11 is 1.63. The molecule has 2 aromatic heterocycles. The number of rotatable bonds is 4. The average molecular weight is 265 g/mol. The van der Waals surface area contributed by atoms with E-state index in [4.69, 9.17) is 10.5 Å². The average Bonchev–Trinajstić information content (AvgIpc) is 2.73. The summed E-state index contributed by atoms with van der Waals surface area (Å²) in [6.07, 6.45) is 0. The Bertz CT molecular complexity index is 542. The second-order valence-electron chi connectivity index (χ2n) is 3.84. The van der Waals surface area contributed by atoms with Crippen molar-refractivity contribution < 1.29 is 4.74 Å². The second-order valence-corrected chi connectivity index (χ2v) is 4.90. The summed E-state index contributed by atoms with van der Waals surface area (Å²) in [5, 5.41) is 3.09. The SMILES string of the molecule is COc1cc(N(C)Cc2csc(C)n2)nc(N)n1. The van der Waals surface area contributed by atoms with Crippen molar-refractivity contribution in [2.45, 2.75) is 13.5 Å². The van der Waals surface area contributed by atoms with Gasteiger partial charge in [-0.25, -0.2) is 4.98 Å². The van der Waals surface area contributed by atoms with E-state index in [2.05, 4.69) is 15.0 Å². The van der Waals surface area contributed by atoms with E-state index in [0.29, 0.717) is 18.2 Å². The van der Waals surface area contributed by atoms with Gasteiger partial charge in [0, 0.05) is 18.5 Å². The fraction of sp³-hybridized carbons (Fsp3) is 0.364. The molecular weight excluding hydrogens is 250 g/mol. The van der Waals surface area contributed by atoms with Crippen molar-refractivity contribution in [1.29, 1.82) is 0 Å². The van der Waals surface area contributed by atoms with Crippen molar-refractivity contribution in [2.75, 3.05) is 24.8 Å². The van der Waals surface area contributed by atoms with Crippen LogP contribution >= 0.6 is 11.3 Å². The quantitative estimate of drug-likeness (QED) is 0.902. The maximum atomic E-state index is 5.63. The van der Waals surface area contributed by atoms with E-state index in [9.17, 15) is 0 Å². The molecule has 2 rings (SSSR count). The standard InChI is InChI=1S/C11H15N5OS/c1-7-13-8(6-18-7)5-16(2)9-4-10(17-3)15-11(12)14-9/h4,6H,5H2,1-3H3,(H2,12,14,15). The number of nitrogen functional groups attached to an aromatic ring is 1. The number of hydrogen-bond acceptors (Lipinski definition) is 7. The summed E-state index contributed by atoms with van der Waals surface area (Å²) in [6.45, 7) is 2.66. The van der Waals surface area contributed by atoms with Gasteiger partial charge in [-0.1, -0.05) is 0 Å². The zero-order valence-electron chi connectivity index (χ0n) is 10.5. The largest absolute Gasteiger partial charge is 0.481 e. The van der Waals surface area contributed by atoms with Crippen LogP contribution in [0.4, 0.5) is 11.8 Å². The molecule has 0 amide bonds. The molecule has 0 saturated carbocycles. The van der Waals surface area contributed by atoms with Crippen LogP contribution in [0.3, 0.4) is 0 Å². The van der Waals surface area contributed by atoms with Crippen molar-refractivity contribution in [3.63, 3.8) is 0 Å². The summed E-state index contributed by atoms with van der Waals surface area (Å²) in [5.41, 5.74) is 6.64. The highest BCUT2D eigenvalue weighted by Gasteiger charge is 2.09. The van der Waals surface area contributed by atoms with Crippen molar-refractivity contribution in [3.05, 3.63) is 22.1 Å². The molecule has 0 aromatic carbocycles.